The highest BCUT2D eigenvalue weighted by atomic mass is 16.5. The number of imide groups is 2. The highest BCUT2D eigenvalue weighted by Crippen LogP contribution is 2.40. The Bertz CT molecular complexity index is 2420. The van der Waals surface area contributed by atoms with Gasteiger partial charge in [0.15, 0.2) is 0 Å². The molecule has 0 aliphatic carbocycles. The van der Waals surface area contributed by atoms with Gasteiger partial charge in [0.2, 0.25) is 17.7 Å². The summed E-state index contributed by atoms with van der Waals surface area (Å²) in [6.45, 7) is 5.22. The molecule has 17 nitrogen and oxygen atoms in total. The molecule has 5 aliphatic heterocycles. The van der Waals surface area contributed by atoms with Gasteiger partial charge in [-0.25, -0.2) is 4.68 Å². The van der Waals surface area contributed by atoms with Crippen LogP contribution in [0.2, 0.25) is 0 Å². The van der Waals surface area contributed by atoms with Crippen LogP contribution in [0.25, 0.3) is 11.3 Å². The Kier molecular flexibility index (Phi) is 12.4. The van der Waals surface area contributed by atoms with E-state index in [1.54, 1.807) is 18.2 Å². The molecule has 0 saturated carbocycles. The lowest BCUT2D eigenvalue weighted by atomic mass is 9.86. The molecule has 0 bridgehead atoms. The lowest BCUT2D eigenvalue weighted by Gasteiger charge is -2.38. The third-order valence-corrected chi connectivity index (χ3v) is 13.2. The Morgan fingerprint density at radius 2 is 1.58 bits per heavy atom. The van der Waals surface area contributed by atoms with E-state index in [9.17, 15) is 28.8 Å². The molecule has 64 heavy (non-hydrogen) atoms. The number of primary amides is 1. The standard InChI is InChI=1S/C47H53N9O8/c48-43(59)41-42(30-9-11-33(12-10-30)64-32-5-2-1-3-6-32)52-56-36(15-21-50-44(41)56)29-16-26-54(27-17-29)39(58)20-25-53-23-18-31(19-24-53)63-28-22-49-35-8-4-7-34-40(35)47(62)55(46(34)61)37-13-14-38(57)51-45(37)60/h1-12,29,31,36-37,49-50H,13-28H2,(H2,48,59)(H,51,57,60)/t36-,37?/m0/s1. The molecule has 4 aromatic rings. The summed E-state index contributed by atoms with van der Waals surface area (Å²) in [5.74, 6) is -0.159. The second kappa shape index (κ2) is 18.6. The number of amides is 6. The Labute approximate surface area is 370 Å². The maximum atomic E-state index is 13.4. The molecular weight excluding hydrogens is 819 g/mol. The molecule has 6 heterocycles. The van der Waals surface area contributed by atoms with E-state index in [1.807, 2.05) is 64.2 Å². The van der Waals surface area contributed by atoms with Gasteiger partial charge in [0.05, 0.1) is 29.9 Å². The molecule has 2 atom stereocenters. The second-order valence-corrected chi connectivity index (χ2v) is 17.1. The number of hydrogen-bond donors (Lipinski definition) is 4. The smallest absolute Gasteiger partial charge is 0.264 e. The maximum Gasteiger partial charge on any atom is 0.264 e. The number of carbonyl (C=O) groups excluding carboxylic acids is 6. The van der Waals surface area contributed by atoms with E-state index in [4.69, 9.17) is 20.3 Å². The van der Waals surface area contributed by atoms with E-state index in [-0.39, 0.29) is 42.0 Å². The molecule has 334 valence electrons. The number of ether oxygens (including phenoxy) is 2. The number of benzene rings is 3. The molecular formula is C47H53N9O8. The molecule has 3 saturated heterocycles. The number of nitrogens with zero attached hydrogens (tertiary/aromatic N) is 5. The van der Waals surface area contributed by atoms with Crippen LogP contribution in [0.15, 0.2) is 72.8 Å². The topological polar surface area (TPSA) is 211 Å². The first-order chi connectivity index (χ1) is 31.1. The first-order valence-electron chi connectivity index (χ1n) is 22.3. The number of carbonyl (C=O) groups is 6. The Morgan fingerprint density at radius 3 is 2.31 bits per heavy atom. The zero-order valence-corrected chi connectivity index (χ0v) is 35.6. The van der Waals surface area contributed by atoms with Crippen molar-refractivity contribution in [2.24, 2.45) is 11.7 Å². The van der Waals surface area contributed by atoms with Crippen LogP contribution in [0.3, 0.4) is 0 Å². The summed E-state index contributed by atoms with van der Waals surface area (Å²) in [5, 5.41) is 13.8. The minimum absolute atomic E-state index is 0.0626. The van der Waals surface area contributed by atoms with Gasteiger partial charge >= 0.3 is 0 Å². The molecule has 0 spiro atoms. The molecule has 0 radical (unpaired) electrons. The molecule has 9 rings (SSSR count). The number of nitrogens with two attached hydrogens (primary N) is 1. The molecule has 1 unspecified atom stereocenters. The average Bonchev–Trinajstić information content (AvgIpc) is 3.83. The number of likely N-dealkylation sites (tertiary alicyclic amines) is 2. The number of nitrogens with one attached hydrogen (secondary N) is 3. The lowest BCUT2D eigenvalue weighted by molar-refractivity contribution is -0.136. The van der Waals surface area contributed by atoms with E-state index in [1.165, 1.54) is 0 Å². The minimum Gasteiger partial charge on any atom is -0.457 e. The van der Waals surface area contributed by atoms with Crippen LogP contribution in [0, 0.1) is 5.92 Å². The van der Waals surface area contributed by atoms with E-state index in [0.717, 1.165) is 61.4 Å². The molecule has 1 aromatic heterocycles. The molecule has 5 N–H and O–H groups in total. The zero-order chi connectivity index (χ0) is 44.3. The summed E-state index contributed by atoms with van der Waals surface area (Å²) in [4.78, 5) is 82.2. The Morgan fingerprint density at radius 1 is 0.828 bits per heavy atom. The third-order valence-electron chi connectivity index (χ3n) is 13.2. The van der Waals surface area contributed by atoms with Crippen LogP contribution in [-0.4, -0.2) is 124 Å². The van der Waals surface area contributed by atoms with Gasteiger partial charge in [-0.05, 0) is 93.0 Å². The van der Waals surface area contributed by atoms with Crippen LogP contribution < -0.4 is 26.4 Å². The van der Waals surface area contributed by atoms with Gasteiger partial charge in [-0.2, -0.15) is 5.10 Å². The summed E-state index contributed by atoms with van der Waals surface area (Å²) in [6, 6.07) is 21.1. The van der Waals surface area contributed by atoms with Crippen molar-refractivity contribution in [2.45, 2.75) is 69.6 Å². The summed E-state index contributed by atoms with van der Waals surface area (Å²) >= 11 is 0. The van der Waals surface area contributed by atoms with Crippen LogP contribution in [0.4, 0.5) is 11.5 Å². The molecule has 5 aliphatic rings. The van der Waals surface area contributed by atoms with Crippen molar-refractivity contribution in [3.05, 3.63) is 89.5 Å². The van der Waals surface area contributed by atoms with E-state index in [2.05, 4.69) is 20.9 Å². The predicted octanol–water partition coefficient (Wildman–Crippen LogP) is 4.42. The maximum absolute atomic E-state index is 13.4. The molecule has 17 heteroatoms. The molecule has 3 aromatic carbocycles. The van der Waals surface area contributed by atoms with Crippen LogP contribution in [0.1, 0.15) is 88.5 Å². The number of aromatic nitrogens is 2. The van der Waals surface area contributed by atoms with Crippen molar-refractivity contribution in [2.75, 3.05) is 63.1 Å². The summed E-state index contributed by atoms with van der Waals surface area (Å²) < 4.78 is 14.1. The van der Waals surface area contributed by atoms with Crippen LogP contribution >= 0.6 is 0 Å². The van der Waals surface area contributed by atoms with E-state index in [0.29, 0.717) is 80.2 Å². The van der Waals surface area contributed by atoms with Crippen molar-refractivity contribution in [1.82, 2.24) is 29.8 Å². The largest absolute Gasteiger partial charge is 0.457 e. The van der Waals surface area contributed by atoms with Gasteiger partial charge < -0.3 is 35.6 Å². The number of fused-ring (bicyclic) bond motifs is 2. The van der Waals surface area contributed by atoms with Crippen LogP contribution in [-0.2, 0) is 19.1 Å². The van der Waals surface area contributed by atoms with Gasteiger partial charge in [0.25, 0.3) is 17.7 Å². The predicted molar refractivity (Wildman–Crippen MR) is 236 cm³/mol. The van der Waals surface area contributed by atoms with Crippen LogP contribution in [0.5, 0.6) is 11.5 Å². The van der Waals surface area contributed by atoms with Crippen molar-refractivity contribution in [3.63, 3.8) is 0 Å². The van der Waals surface area contributed by atoms with Crippen molar-refractivity contribution in [1.29, 1.82) is 0 Å². The Balaban J connectivity index is 0.708. The SMILES string of the molecule is NC(=O)c1c(-c2ccc(Oc3ccccc3)cc2)nn2c1NCC[C@H]2C1CCN(C(=O)CCN2CCC(OCCNc3cccc4c3C(=O)N(C3CCC(=O)NC3=O)C4=O)CC2)CC1. The second-order valence-electron chi connectivity index (χ2n) is 17.1. The molecule has 6 amide bonds. The highest BCUT2D eigenvalue weighted by molar-refractivity contribution is 6.25. The molecule has 3 fully saturated rings. The monoisotopic (exact) mass is 871 g/mol. The number of hydrogen-bond acceptors (Lipinski definition) is 12. The number of anilines is 2. The van der Waals surface area contributed by atoms with Gasteiger partial charge in [-0.3, -0.25) is 39.0 Å². The summed E-state index contributed by atoms with van der Waals surface area (Å²) in [6.07, 6.45) is 4.93. The first kappa shape index (κ1) is 42.7. The average molecular weight is 872 g/mol. The zero-order valence-electron chi connectivity index (χ0n) is 35.6. The highest BCUT2D eigenvalue weighted by Gasteiger charge is 2.45. The normalized spacial score (nSPS) is 20.7. The third kappa shape index (κ3) is 8.82. The fourth-order valence-corrected chi connectivity index (χ4v) is 9.80. The van der Waals surface area contributed by atoms with Crippen molar-refractivity contribution >= 4 is 46.9 Å². The summed E-state index contributed by atoms with van der Waals surface area (Å²) in [7, 11) is 0. The van der Waals surface area contributed by atoms with Crippen molar-refractivity contribution in [3.8, 4) is 22.8 Å². The fourth-order valence-electron chi connectivity index (χ4n) is 9.80. The lowest BCUT2D eigenvalue weighted by Crippen LogP contribution is -2.54. The quantitative estimate of drug-likeness (QED) is 0.103. The fraction of sp³-hybridized carbons (Fsp3) is 0.426. The van der Waals surface area contributed by atoms with Gasteiger partial charge in [-0.15, -0.1) is 0 Å². The number of piperidine rings is 3. The summed E-state index contributed by atoms with van der Waals surface area (Å²) in [5.41, 5.74) is 8.61. The number of para-hydroxylation sites is 1. The van der Waals surface area contributed by atoms with Gasteiger partial charge in [0, 0.05) is 69.9 Å². The van der Waals surface area contributed by atoms with Crippen molar-refractivity contribution < 1.29 is 38.2 Å². The number of rotatable bonds is 14. The Hall–Kier alpha value is -6.59. The van der Waals surface area contributed by atoms with Gasteiger partial charge in [-0.1, -0.05) is 24.3 Å². The minimum atomic E-state index is -1.02. The first-order valence-corrected chi connectivity index (χ1v) is 22.3. The van der Waals surface area contributed by atoms with E-state index < -0.39 is 35.6 Å². The van der Waals surface area contributed by atoms with E-state index >= 15 is 0 Å². The van der Waals surface area contributed by atoms with Gasteiger partial charge in [0.1, 0.15) is 34.6 Å².